The Balaban J connectivity index is 1.36. The number of benzene rings is 3. The van der Waals surface area contributed by atoms with Gasteiger partial charge in [-0.15, -0.1) is 0 Å². The van der Waals surface area contributed by atoms with Crippen molar-refractivity contribution in [2.75, 3.05) is 13.1 Å². The molecule has 160 valence electrons. The molecule has 2 N–H and O–H groups in total. The predicted octanol–water partition coefficient (Wildman–Crippen LogP) is 5.94. The molecule has 1 amide bonds. The topological polar surface area (TPSA) is 46.3 Å². The van der Waals surface area contributed by atoms with Gasteiger partial charge in [0.05, 0.1) is 6.04 Å². The second kappa shape index (κ2) is 9.86. The van der Waals surface area contributed by atoms with E-state index in [-0.39, 0.29) is 5.91 Å². The molecule has 3 nitrogen and oxygen atoms in total. The Kier molecular flexibility index (Phi) is 6.96. The molecule has 0 radical (unpaired) electrons. The highest BCUT2D eigenvalue weighted by Crippen LogP contribution is 2.31. The zero-order valence-electron chi connectivity index (χ0n) is 17.3. The average Bonchev–Trinajstić information content (AvgIpc) is 2.81. The van der Waals surface area contributed by atoms with Crippen molar-refractivity contribution in [2.45, 2.75) is 31.2 Å². The highest BCUT2D eigenvalue weighted by molar-refractivity contribution is 6.35. The summed E-state index contributed by atoms with van der Waals surface area (Å²) in [6.45, 7) is 1.45. The summed E-state index contributed by atoms with van der Waals surface area (Å²) in [5.41, 5.74) is 10.9. The molecule has 3 aromatic rings. The van der Waals surface area contributed by atoms with Crippen LogP contribution >= 0.6 is 23.2 Å². The van der Waals surface area contributed by atoms with Gasteiger partial charge in [-0.1, -0.05) is 83.9 Å². The summed E-state index contributed by atoms with van der Waals surface area (Å²) in [7, 11) is 0. The lowest BCUT2D eigenvalue weighted by Crippen LogP contribution is -2.47. The van der Waals surface area contributed by atoms with Crippen LogP contribution in [0.1, 0.15) is 29.9 Å². The second-order valence-corrected chi connectivity index (χ2v) is 8.98. The van der Waals surface area contributed by atoms with Crippen LogP contribution in [0.3, 0.4) is 0 Å². The molecule has 4 rings (SSSR count). The third-order valence-corrected chi connectivity index (χ3v) is 6.63. The maximum absolute atomic E-state index is 12.9. The number of hydrogen-bond acceptors (Lipinski definition) is 2. The number of rotatable bonds is 5. The van der Waals surface area contributed by atoms with E-state index in [9.17, 15) is 4.79 Å². The molecule has 5 heteroatoms. The Morgan fingerprint density at radius 2 is 1.65 bits per heavy atom. The van der Waals surface area contributed by atoms with Gasteiger partial charge in [-0.3, -0.25) is 4.79 Å². The second-order valence-electron chi connectivity index (χ2n) is 8.14. The van der Waals surface area contributed by atoms with Crippen LogP contribution in [0.5, 0.6) is 0 Å². The first-order chi connectivity index (χ1) is 15.0. The van der Waals surface area contributed by atoms with E-state index in [2.05, 4.69) is 48.5 Å². The van der Waals surface area contributed by atoms with Gasteiger partial charge in [0.1, 0.15) is 0 Å². The fourth-order valence-corrected chi connectivity index (χ4v) is 4.77. The number of carbonyl (C=O) groups excluding carboxylic acids is 1. The van der Waals surface area contributed by atoms with Gasteiger partial charge in [0.15, 0.2) is 0 Å². The lowest BCUT2D eigenvalue weighted by Gasteiger charge is -2.34. The maximum atomic E-state index is 12.9. The largest absolute Gasteiger partial charge is 0.341 e. The minimum absolute atomic E-state index is 0.0116. The molecule has 1 heterocycles. The molecule has 0 spiro atoms. The van der Waals surface area contributed by atoms with Gasteiger partial charge in [-0.05, 0) is 59.6 Å². The summed E-state index contributed by atoms with van der Waals surface area (Å²) in [6.07, 6.45) is 2.30. The van der Waals surface area contributed by atoms with Gasteiger partial charge in [0.25, 0.3) is 0 Å². The quantitative estimate of drug-likeness (QED) is 0.520. The Hall–Kier alpha value is -2.33. The first kappa shape index (κ1) is 21.9. The zero-order valence-corrected chi connectivity index (χ0v) is 18.8. The van der Waals surface area contributed by atoms with Crippen LogP contribution in [0.15, 0.2) is 72.8 Å². The lowest BCUT2D eigenvalue weighted by molar-refractivity contribution is -0.133. The van der Waals surface area contributed by atoms with Gasteiger partial charge in [-0.25, -0.2) is 0 Å². The Labute approximate surface area is 193 Å². The summed E-state index contributed by atoms with van der Waals surface area (Å²) in [6, 6.07) is 23.9. The predicted molar refractivity (Wildman–Crippen MR) is 129 cm³/mol. The van der Waals surface area contributed by atoms with Gasteiger partial charge >= 0.3 is 0 Å². The highest BCUT2D eigenvalue weighted by Gasteiger charge is 2.27. The fraction of sp³-hybridized carbons (Fsp3) is 0.269. The average molecular weight is 453 g/mol. The van der Waals surface area contributed by atoms with E-state index in [0.717, 1.165) is 31.5 Å². The SMILES string of the molecule is NC(Cc1ccc(Cl)cc1Cl)C(=O)N1CCC(c2cccc(-c3ccccc3)c2)CC1. The smallest absolute Gasteiger partial charge is 0.239 e. The molecule has 1 saturated heterocycles. The van der Waals surface area contributed by atoms with Gasteiger partial charge in [0, 0.05) is 23.1 Å². The van der Waals surface area contributed by atoms with Crippen LogP contribution in [0.4, 0.5) is 0 Å². The van der Waals surface area contributed by atoms with E-state index < -0.39 is 6.04 Å². The molecule has 0 aliphatic carbocycles. The van der Waals surface area contributed by atoms with Crippen LogP contribution in [-0.4, -0.2) is 29.9 Å². The van der Waals surface area contributed by atoms with Gasteiger partial charge < -0.3 is 10.6 Å². The van der Waals surface area contributed by atoms with Crippen molar-refractivity contribution in [1.29, 1.82) is 0 Å². The maximum Gasteiger partial charge on any atom is 0.239 e. The fourth-order valence-electron chi connectivity index (χ4n) is 4.28. The van der Waals surface area contributed by atoms with Crippen LogP contribution in [0.25, 0.3) is 11.1 Å². The van der Waals surface area contributed by atoms with Crippen molar-refractivity contribution in [3.05, 3.63) is 94.0 Å². The molecule has 0 aromatic heterocycles. The van der Waals surface area contributed by atoms with E-state index in [4.69, 9.17) is 28.9 Å². The number of carbonyl (C=O) groups is 1. The molecule has 3 aromatic carbocycles. The van der Waals surface area contributed by atoms with E-state index >= 15 is 0 Å². The summed E-state index contributed by atoms with van der Waals surface area (Å²) >= 11 is 12.2. The van der Waals surface area contributed by atoms with Crippen LogP contribution in [0.2, 0.25) is 10.0 Å². The van der Waals surface area contributed by atoms with E-state index in [1.165, 1.54) is 16.7 Å². The number of piperidine rings is 1. The minimum Gasteiger partial charge on any atom is -0.341 e. The summed E-state index contributed by atoms with van der Waals surface area (Å²) in [5.74, 6) is 0.442. The number of hydrogen-bond donors (Lipinski definition) is 1. The van der Waals surface area contributed by atoms with Crippen LogP contribution in [-0.2, 0) is 11.2 Å². The van der Waals surface area contributed by atoms with Crippen LogP contribution in [0, 0.1) is 0 Å². The number of amides is 1. The number of likely N-dealkylation sites (tertiary alicyclic amines) is 1. The third kappa shape index (κ3) is 5.30. The van der Waals surface area contributed by atoms with Crippen molar-refractivity contribution < 1.29 is 4.79 Å². The minimum atomic E-state index is -0.600. The Bertz CT molecular complexity index is 1050. The monoisotopic (exact) mass is 452 g/mol. The van der Waals surface area contributed by atoms with E-state index in [0.29, 0.717) is 22.4 Å². The first-order valence-electron chi connectivity index (χ1n) is 10.6. The molecule has 1 aliphatic rings. The van der Waals surface area contributed by atoms with Crippen molar-refractivity contribution in [3.8, 4) is 11.1 Å². The Morgan fingerprint density at radius 3 is 2.35 bits per heavy atom. The zero-order chi connectivity index (χ0) is 21.8. The van der Waals surface area contributed by atoms with E-state index in [1.807, 2.05) is 17.0 Å². The molecular formula is C26H26Cl2N2O. The molecule has 1 aliphatic heterocycles. The molecule has 0 bridgehead atoms. The van der Waals surface area contributed by atoms with Gasteiger partial charge in [0.2, 0.25) is 5.91 Å². The number of nitrogens with zero attached hydrogens (tertiary/aromatic N) is 1. The van der Waals surface area contributed by atoms with Crippen molar-refractivity contribution in [1.82, 2.24) is 4.90 Å². The molecule has 31 heavy (non-hydrogen) atoms. The number of halogens is 2. The first-order valence-corrected chi connectivity index (χ1v) is 11.4. The van der Waals surface area contributed by atoms with Gasteiger partial charge in [-0.2, -0.15) is 0 Å². The van der Waals surface area contributed by atoms with Crippen molar-refractivity contribution >= 4 is 29.1 Å². The normalized spacial score (nSPS) is 15.6. The Morgan fingerprint density at radius 1 is 0.935 bits per heavy atom. The highest BCUT2D eigenvalue weighted by atomic mass is 35.5. The summed E-state index contributed by atoms with van der Waals surface area (Å²) < 4.78 is 0. The third-order valence-electron chi connectivity index (χ3n) is 6.04. The summed E-state index contributed by atoms with van der Waals surface area (Å²) in [4.78, 5) is 14.8. The standard InChI is InChI=1S/C26H26Cl2N2O/c27-23-10-9-22(24(28)17-23)16-25(29)26(31)30-13-11-19(12-14-30)21-8-4-7-20(15-21)18-5-2-1-3-6-18/h1-10,15,17,19,25H,11-14,16,29H2. The van der Waals surface area contributed by atoms with Crippen molar-refractivity contribution in [3.63, 3.8) is 0 Å². The summed E-state index contributed by atoms with van der Waals surface area (Å²) in [5, 5.41) is 1.12. The van der Waals surface area contributed by atoms with E-state index in [1.54, 1.807) is 12.1 Å². The molecule has 1 atom stereocenters. The van der Waals surface area contributed by atoms with Crippen molar-refractivity contribution in [2.24, 2.45) is 5.73 Å². The molecule has 1 fully saturated rings. The molecule has 1 unspecified atom stereocenters. The van der Waals surface area contributed by atoms with Crippen LogP contribution < -0.4 is 5.73 Å². The molecule has 0 saturated carbocycles. The molecular weight excluding hydrogens is 427 g/mol. The lowest BCUT2D eigenvalue weighted by atomic mass is 9.87. The number of nitrogens with two attached hydrogens (primary N) is 1.